The van der Waals surface area contributed by atoms with E-state index < -0.39 is 30.2 Å². The molecule has 1 saturated heterocycles. The maximum Gasteiger partial charge on any atom is 0.239 e. The van der Waals surface area contributed by atoms with Gasteiger partial charge in [-0.15, -0.1) is 0 Å². The Morgan fingerprint density at radius 3 is 2.24 bits per heavy atom. The molecule has 3 aromatic carbocycles. The lowest BCUT2D eigenvalue weighted by Gasteiger charge is -2.42. The minimum absolute atomic E-state index is 0.0556. The Hall–Kier alpha value is -3.56. The first-order chi connectivity index (χ1) is 21.6. The fraction of sp³-hybridized carbons (Fsp3) is 0.459. The van der Waals surface area contributed by atoms with Gasteiger partial charge in [-0.1, -0.05) is 84.9 Å². The normalized spacial score (nSPS) is 21.9. The molecule has 1 aliphatic carbocycles. The number of nitrogens with zero attached hydrogens (tertiary/aromatic N) is 2. The van der Waals surface area contributed by atoms with Crippen LogP contribution >= 0.6 is 0 Å². The maximum atomic E-state index is 13.8. The van der Waals surface area contributed by atoms with Crippen LogP contribution < -0.4 is 10.6 Å². The highest BCUT2D eigenvalue weighted by molar-refractivity contribution is 5.83. The average Bonchev–Trinajstić information content (AvgIpc) is 3.32. The van der Waals surface area contributed by atoms with Crippen molar-refractivity contribution < 1.29 is 19.8 Å². The maximum absolute atomic E-state index is 13.8. The number of aliphatic hydroxyl groups excluding tert-OH is 2. The Morgan fingerprint density at radius 1 is 0.911 bits per heavy atom. The van der Waals surface area contributed by atoms with Gasteiger partial charge in [0.1, 0.15) is 6.04 Å². The molecule has 0 bridgehead atoms. The summed E-state index contributed by atoms with van der Waals surface area (Å²) >= 11 is 0. The first-order valence-corrected chi connectivity index (χ1v) is 16.2. The van der Waals surface area contributed by atoms with E-state index in [0.29, 0.717) is 25.9 Å². The highest BCUT2D eigenvalue weighted by Crippen LogP contribution is 2.32. The molecule has 5 atom stereocenters. The van der Waals surface area contributed by atoms with Gasteiger partial charge in [0.05, 0.1) is 18.2 Å². The molecule has 8 nitrogen and oxygen atoms in total. The molecule has 1 heterocycles. The van der Waals surface area contributed by atoms with Gasteiger partial charge in [-0.2, -0.15) is 0 Å². The highest BCUT2D eigenvalue weighted by Gasteiger charge is 2.37. The summed E-state index contributed by atoms with van der Waals surface area (Å²) in [6.07, 6.45) is -0.309. The zero-order valence-electron chi connectivity index (χ0n) is 26.7. The van der Waals surface area contributed by atoms with Gasteiger partial charge < -0.3 is 20.8 Å². The number of carbonyl (C=O) groups excluding carboxylic acids is 2. The van der Waals surface area contributed by atoms with Crippen LogP contribution in [0.5, 0.6) is 0 Å². The van der Waals surface area contributed by atoms with Gasteiger partial charge in [0, 0.05) is 50.6 Å². The van der Waals surface area contributed by atoms with E-state index in [1.807, 2.05) is 93.6 Å². The molecule has 0 unspecified atom stereocenters. The lowest BCUT2D eigenvalue weighted by Crippen LogP contribution is -2.61. The molecule has 0 spiro atoms. The fourth-order valence-corrected chi connectivity index (χ4v) is 6.66. The molecule has 1 aliphatic heterocycles. The number of hydrogen-bond donors (Lipinski definition) is 4. The Labute approximate surface area is 267 Å². The van der Waals surface area contributed by atoms with Crippen molar-refractivity contribution in [2.24, 2.45) is 5.92 Å². The number of rotatable bonds is 11. The predicted octanol–water partition coefficient (Wildman–Crippen LogP) is 3.47. The van der Waals surface area contributed by atoms with Crippen LogP contribution in [0.1, 0.15) is 55.5 Å². The number of amides is 2. The molecule has 0 aromatic heterocycles. The summed E-state index contributed by atoms with van der Waals surface area (Å²) in [5, 5.41) is 28.5. The van der Waals surface area contributed by atoms with Crippen molar-refractivity contribution in [1.82, 2.24) is 20.4 Å². The van der Waals surface area contributed by atoms with Crippen molar-refractivity contribution in [1.29, 1.82) is 0 Å². The van der Waals surface area contributed by atoms with E-state index in [9.17, 15) is 19.8 Å². The summed E-state index contributed by atoms with van der Waals surface area (Å²) in [7, 11) is 0. The number of nitrogens with one attached hydrogen (secondary N) is 2. The smallest absolute Gasteiger partial charge is 0.239 e. The molecule has 3 aromatic rings. The Bertz CT molecular complexity index is 1410. The monoisotopic (exact) mass is 612 g/mol. The number of fused-ring (bicyclic) bond motifs is 1. The van der Waals surface area contributed by atoms with E-state index in [2.05, 4.69) is 32.6 Å². The van der Waals surface area contributed by atoms with Crippen molar-refractivity contribution >= 4 is 11.8 Å². The van der Waals surface area contributed by atoms with Crippen LogP contribution in [0.15, 0.2) is 84.9 Å². The summed E-state index contributed by atoms with van der Waals surface area (Å²) in [6.45, 7) is 8.92. The molecule has 8 heteroatoms. The molecular formula is C37H48N4O4. The van der Waals surface area contributed by atoms with Crippen molar-refractivity contribution in [3.8, 4) is 0 Å². The van der Waals surface area contributed by atoms with Gasteiger partial charge in [0.2, 0.25) is 11.8 Å². The summed E-state index contributed by atoms with van der Waals surface area (Å²) in [4.78, 5) is 31.7. The first-order valence-electron chi connectivity index (χ1n) is 16.2. The number of benzene rings is 3. The molecule has 240 valence electrons. The molecule has 4 N–H and O–H groups in total. The largest absolute Gasteiger partial charge is 0.392 e. The summed E-state index contributed by atoms with van der Waals surface area (Å²) in [6, 6.07) is 27.0. The molecule has 0 radical (unpaired) electrons. The topological polar surface area (TPSA) is 105 Å². The van der Waals surface area contributed by atoms with Crippen LogP contribution in [0, 0.1) is 5.92 Å². The van der Waals surface area contributed by atoms with E-state index in [4.69, 9.17) is 0 Å². The van der Waals surface area contributed by atoms with E-state index >= 15 is 0 Å². The van der Waals surface area contributed by atoms with Crippen LogP contribution in [0.25, 0.3) is 0 Å². The zero-order valence-corrected chi connectivity index (χ0v) is 26.7. The minimum atomic E-state index is -0.823. The third-order valence-electron chi connectivity index (χ3n) is 8.82. The summed E-state index contributed by atoms with van der Waals surface area (Å²) in [5.41, 5.74) is 3.81. The summed E-state index contributed by atoms with van der Waals surface area (Å²) in [5.74, 6) is -0.753. The third-order valence-corrected chi connectivity index (χ3v) is 8.82. The number of hydrogen-bond acceptors (Lipinski definition) is 6. The van der Waals surface area contributed by atoms with Gasteiger partial charge >= 0.3 is 0 Å². The second-order valence-corrected chi connectivity index (χ2v) is 13.7. The quantitative estimate of drug-likeness (QED) is 0.265. The Kier molecular flexibility index (Phi) is 10.7. The second kappa shape index (κ2) is 14.7. The third kappa shape index (κ3) is 9.01. The molecule has 1 fully saturated rings. The zero-order chi connectivity index (χ0) is 32.0. The van der Waals surface area contributed by atoms with E-state index in [1.54, 1.807) is 0 Å². The van der Waals surface area contributed by atoms with Crippen molar-refractivity contribution in [3.63, 3.8) is 0 Å². The number of aliphatic hydroxyl groups is 2. The SMILES string of the molecule is CC(C)(C)NC(=O)[C@@H]1CN(Cc2ccccc2)CCN1C[C@@H](O)C[C@H](Cc1ccccc1)C(=O)N[C@H]1c2ccccc2C[C@H]1O. The average molecular weight is 613 g/mol. The van der Waals surface area contributed by atoms with E-state index in [1.165, 1.54) is 5.56 Å². The highest BCUT2D eigenvalue weighted by atomic mass is 16.3. The molecule has 45 heavy (non-hydrogen) atoms. The van der Waals surface area contributed by atoms with Crippen molar-refractivity contribution in [2.75, 3.05) is 26.2 Å². The Morgan fingerprint density at radius 2 is 1.56 bits per heavy atom. The molecule has 0 saturated carbocycles. The van der Waals surface area contributed by atoms with Gasteiger partial charge in [0.15, 0.2) is 0 Å². The molecule has 2 amide bonds. The second-order valence-electron chi connectivity index (χ2n) is 13.7. The van der Waals surface area contributed by atoms with Crippen LogP contribution in [-0.2, 0) is 29.0 Å². The van der Waals surface area contributed by atoms with Gasteiger partial charge in [-0.25, -0.2) is 0 Å². The molecule has 2 aliphatic rings. The van der Waals surface area contributed by atoms with Crippen LogP contribution in [-0.4, -0.2) is 81.8 Å². The van der Waals surface area contributed by atoms with E-state index in [-0.39, 0.29) is 30.3 Å². The number of β-amino-alcohol motifs (C(OH)–C–C–N with tert-alkyl or cyclic N) is 1. The van der Waals surface area contributed by atoms with Crippen molar-refractivity contribution in [3.05, 3.63) is 107 Å². The lowest BCUT2D eigenvalue weighted by molar-refractivity contribution is -0.132. The lowest BCUT2D eigenvalue weighted by atomic mass is 9.91. The van der Waals surface area contributed by atoms with Crippen LogP contribution in [0.2, 0.25) is 0 Å². The standard InChI is InChI=1S/C37H48N4O4/c1-37(2,3)39-36(45)32-25-40(23-27-14-8-5-9-15-27)18-19-41(32)24-30(42)21-29(20-26-12-6-4-7-13-26)35(44)38-34-31-17-11-10-16-28(31)22-33(34)43/h4-17,29-30,32-34,42-43H,18-25H2,1-3H3,(H,38,44)(H,39,45)/t29-,30-,32-,33+,34-/m0/s1. The minimum Gasteiger partial charge on any atom is -0.392 e. The van der Waals surface area contributed by atoms with Crippen LogP contribution in [0.3, 0.4) is 0 Å². The van der Waals surface area contributed by atoms with E-state index in [0.717, 1.165) is 29.8 Å². The van der Waals surface area contributed by atoms with Gasteiger partial charge in [-0.3, -0.25) is 19.4 Å². The Balaban J connectivity index is 1.29. The van der Waals surface area contributed by atoms with Crippen molar-refractivity contribution in [2.45, 2.75) is 76.4 Å². The molecular weight excluding hydrogens is 564 g/mol. The molecule has 5 rings (SSSR count). The summed E-state index contributed by atoms with van der Waals surface area (Å²) < 4.78 is 0. The fourth-order valence-electron chi connectivity index (χ4n) is 6.66. The number of piperazine rings is 1. The van der Waals surface area contributed by atoms with Gasteiger partial charge in [-0.05, 0) is 55.9 Å². The van der Waals surface area contributed by atoms with Gasteiger partial charge in [0.25, 0.3) is 0 Å². The van der Waals surface area contributed by atoms with Crippen LogP contribution in [0.4, 0.5) is 0 Å². The number of carbonyl (C=O) groups is 2. The predicted molar refractivity (Wildman–Crippen MR) is 176 cm³/mol. The first kappa shape index (κ1) is 32.8.